The Morgan fingerprint density at radius 3 is 2.64 bits per heavy atom. The molecule has 1 fully saturated rings. The molecule has 2 unspecified atom stereocenters. The van der Waals surface area contributed by atoms with E-state index in [0.29, 0.717) is 12.0 Å². The van der Waals surface area contributed by atoms with Crippen LogP contribution in [0.4, 0.5) is 0 Å². The van der Waals surface area contributed by atoms with Crippen LogP contribution in [0.25, 0.3) is 0 Å². The highest BCUT2D eigenvalue weighted by atomic mass is 16.2. The third-order valence-corrected chi connectivity index (χ3v) is 3.61. The molecule has 0 saturated heterocycles. The topological polar surface area (TPSA) is 37.3 Å². The number of hydrogen-bond donors (Lipinski definition) is 1. The van der Waals surface area contributed by atoms with Crippen LogP contribution in [-0.2, 0) is 4.79 Å². The molecular formula is C12H10O2. The number of aliphatic hydroxyl groups excluding tert-OH is 1. The van der Waals surface area contributed by atoms with Crippen LogP contribution in [-0.4, -0.2) is 10.9 Å². The van der Waals surface area contributed by atoms with Crippen molar-refractivity contribution in [1.82, 2.24) is 0 Å². The Bertz CT molecular complexity index is 439. The highest BCUT2D eigenvalue weighted by Crippen LogP contribution is 2.65. The molecule has 3 aliphatic rings. The molecule has 0 amide bonds. The van der Waals surface area contributed by atoms with Crippen LogP contribution >= 0.6 is 0 Å². The lowest BCUT2D eigenvalue weighted by Crippen LogP contribution is -2.40. The smallest absolute Gasteiger partial charge is 0.164 e. The zero-order valence-electron chi connectivity index (χ0n) is 7.60. The summed E-state index contributed by atoms with van der Waals surface area (Å²) in [5.41, 5.74) is 0.0154. The van der Waals surface area contributed by atoms with Crippen molar-refractivity contribution in [2.45, 2.75) is 6.42 Å². The van der Waals surface area contributed by atoms with Crippen LogP contribution in [0.1, 0.15) is 6.42 Å². The van der Waals surface area contributed by atoms with Gasteiger partial charge in [-0.1, -0.05) is 36.5 Å². The average molecular weight is 186 g/mol. The van der Waals surface area contributed by atoms with Gasteiger partial charge in [-0.25, -0.2) is 0 Å². The van der Waals surface area contributed by atoms with E-state index in [2.05, 4.69) is 12.2 Å². The minimum atomic E-state index is -0.340. The Morgan fingerprint density at radius 2 is 2.00 bits per heavy atom. The molecule has 0 spiro atoms. The van der Waals surface area contributed by atoms with Gasteiger partial charge in [0.15, 0.2) is 5.78 Å². The lowest BCUT2D eigenvalue weighted by atomic mass is 9.55. The molecule has 0 aromatic rings. The van der Waals surface area contributed by atoms with E-state index < -0.39 is 0 Å². The third-order valence-electron chi connectivity index (χ3n) is 3.61. The van der Waals surface area contributed by atoms with E-state index in [1.165, 1.54) is 0 Å². The molecule has 14 heavy (non-hydrogen) atoms. The lowest BCUT2D eigenvalue weighted by Gasteiger charge is -2.46. The molecule has 2 atom stereocenters. The zero-order chi connectivity index (χ0) is 9.81. The van der Waals surface area contributed by atoms with Gasteiger partial charge in [0.25, 0.3) is 0 Å². The van der Waals surface area contributed by atoms with E-state index in [1.54, 1.807) is 0 Å². The molecule has 2 heteroatoms. The number of carbonyl (C=O) groups is 1. The maximum Gasteiger partial charge on any atom is 0.164 e. The third kappa shape index (κ3) is 0.567. The number of allylic oxidation sites excluding steroid dienone is 7. The summed E-state index contributed by atoms with van der Waals surface area (Å²) in [5.74, 6) is 0.0497. The van der Waals surface area contributed by atoms with E-state index in [9.17, 15) is 4.79 Å². The van der Waals surface area contributed by atoms with E-state index in [0.717, 1.165) is 6.26 Å². The fraction of sp³-hybridized carbons (Fsp3) is 0.250. The van der Waals surface area contributed by atoms with Crippen molar-refractivity contribution in [3.63, 3.8) is 0 Å². The van der Waals surface area contributed by atoms with Crippen molar-refractivity contribution >= 4 is 5.78 Å². The van der Waals surface area contributed by atoms with Crippen molar-refractivity contribution in [3.8, 4) is 0 Å². The van der Waals surface area contributed by atoms with Crippen molar-refractivity contribution in [3.05, 3.63) is 48.3 Å². The molecule has 3 rings (SSSR count). The molecule has 70 valence electrons. The molecule has 1 saturated carbocycles. The number of ketones is 1. The van der Waals surface area contributed by atoms with E-state index >= 15 is 0 Å². The first-order chi connectivity index (χ1) is 6.74. The molecule has 0 heterocycles. The molecular weight excluding hydrogens is 176 g/mol. The molecule has 0 radical (unpaired) electrons. The van der Waals surface area contributed by atoms with E-state index in [4.69, 9.17) is 5.11 Å². The van der Waals surface area contributed by atoms with Gasteiger partial charge in [0.1, 0.15) is 0 Å². The van der Waals surface area contributed by atoms with Gasteiger partial charge >= 0.3 is 0 Å². The lowest BCUT2D eigenvalue weighted by molar-refractivity contribution is -0.115. The molecule has 1 N–H and O–H groups in total. The highest BCUT2D eigenvalue weighted by molar-refractivity contribution is 6.03. The van der Waals surface area contributed by atoms with Gasteiger partial charge in [0, 0.05) is 17.4 Å². The standard InChI is InChI=1S/C12H10O2/c13-8-9-10(14)7-11-3-1-2-4-12(9,11)6-5-11/h1-6,8,13H,7H2/b9-8-. The van der Waals surface area contributed by atoms with Crippen LogP contribution in [0.3, 0.4) is 0 Å². The zero-order valence-corrected chi connectivity index (χ0v) is 7.60. The second kappa shape index (κ2) is 2.08. The van der Waals surface area contributed by atoms with Crippen LogP contribution < -0.4 is 0 Å². The SMILES string of the molecule is O=C1CC23C=CC=CC2(C=C3)/C1=C\O. The molecule has 0 aromatic heterocycles. The first-order valence-electron chi connectivity index (χ1n) is 4.70. The molecule has 0 aliphatic heterocycles. The van der Waals surface area contributed by atoms with Gasteiger partial charge in [-0.2, -0.15) is 0 Å². The maximum atomic E-state index is 11.7. The first kappa shape index (κ1) is 7.80. The number of Topliss-reactive ketones (excluding diaryl/α,β-unsaturated/α-hetero) is 1. The summed E-state index contributed by atoms with van der Waals surface area (Å²) < 4.78 is 0. The number of rotatable bonds is 0. The summed E-state index contributed by atoms with van der Waals surface area (Å²) in [6, 6.07) is 0. The van der Waals surface area contributed by atoms with Gasteiger partial charge in [-0.05, 0) is 0 Å². The second-order valence-corrected chi connectivity index (χ2v) is 4.10. The molecule has 3 aliphatic carbocycles. The van der Waals surface area contributed by atoms with Gasteiger partial charge < -0.3 is 5.11 Å². The molecule has 0 aromatic carbocycles. The minimum Gasteiger partial charge on any atom is -0.515 e. The Morgan fingerprint density at radius 1 is 1.21 bits per heavy atom. The quantitative estimate of drug-likeness (QED) is 0.357. The summed E-state index contributed by atoms with van der Waals surface area (Å²) >= 11 is 0. The number of aliphatic hydroxyl groups is 1. The highest BCUT2D eigenvalue weighted by Gasteiger charge is 2.61. The largest absolute Gasteiger partial charge is 0.515 e. The fourth-order valence-electron chi connectivity index (χ4n) is 2.78. The van der Waals surface area contributed by atoms with E-state index in [1.807, 2.05) is 24.3 Å². The Hall–Kier alpha value is -1.57. The van der Waals surface area contributed by atoms with Gasteiger partial charge in [-0.3, -0.25) is 4.79 Å². The Labute approximate surface area is 81.9 Å². The molecule has 2 nitrogen and oxygen atoms in total. The van der Waals surface area contributed by atoms with Crippen molar-refractivity contribution in [1.29, 1.82) is 0 Å². The Kier molecular flexibility index (Phi) is 1.16. The van der Waals surface area contributed by atoms with E-state index in [-0.39, 0.29) is 16.6 Å². The van der Waals surface area contributed by atoms with Crippen LogP contribution in [0.5, 0.6) is 0 Å². The normalized spacial score (nSPS) is 45.1. The summed E-state index contributed by atoms with van der Waals surface area (Å²) in [7, 11) is 0. The second-order valence-electron chi connectivity index (χ2n) is 4.10. The number of carbonyl (C=O) groups excluding carboxylic acids is 1. The fourth-order valence-corrected chi connectivity index (χ4v) is 2.78. The van der Waals surface area contributed by atoms with Crippen molar-refractivity contribution < 1.29 is 9.90 Å². The Balaban J connectivity index is 2.27. The molecule has 0 bridgehead atoms. The summed E-state index contributed by atoms with van der Waals surface area (Å²) in [6.07, 6.45) is 13.5. The average Bonchev–Trinajstić information content (AvgIpc) is 2.35. The summed E-state index contributed by atoms with van der Waals surface area (Å²) in [5, 5.41) is 9.11. The van der Waals surface area contributed by atoms with Crippen LogP contribution in [0.15, 0.2) is 48.3 Å². The van der Waals surface area contributed by atoms with Crippen LogP contribution in [0.2, 0.25) is 0 Å². The maximum absolute atomic E-state index is 11.7. The van der Waals surface area contributed by atoms with Crippen molar-refractivity contribution in [2.75, 3.05) is 0 Å². The van der Waals surface area contributed by atoms with Crippen LogP contribution in [0, 0.1) is 10.8 Å². The van der Waals surface area contributed by atoms with Gasteiger partial charge in [0.2, 0.25) is 0 Å². The predicted molar refractivity (Wildman–Crippen MR) is 52.6 cm³/mol. The van der Waals surface area contributed by atoms with Gasteiger partial charge in [-0.15, -0.1) is 0 Å². The summed E-state index contributed by atoms with van der Waals surface area (Å²) in [6.45, 7) is 0. The van der Waals surface area contributed by atoms with Crippen molar-refractivity contribution in [2.24, 2.45) is 10.8 Å². The van der Waals surface area contributed by atoms with Gasteiger partial charge in [0.05, 0.1) is 11.7 Å². The minimum absolute atomic E-state index is 0.0497. The number of hydrogen-bond acceptors (Lipinski definition) is 2. The predicted octanol–water partition coefficient (Wildman–Crippen LogP) is 2.07. The summed E-state index contributed by atoms with van der Waals surface area (Å²) in [4.78, 5) is 11.7. The monoisotopic (exact) mass is 186 g/mol. The first-order valence-corrected chi connectivity index (χ1v) is 4.70.